The molecule has 0 atom stereocenters. The average Bonchev–Trinajstić information content (AvgIpc) is 2.53. The minimum Gasteiger partial charge on any atom is -0.494 e. The molecule has 7 nitrogen and oxygen atoms in total. The highest BCUT2D eigenvalue weighted by Crippen LogP contribution is 2.16. The number of aryl methyl sites for hydroxylation is 1. The number of amides is 1. The Hall–Kier alpha value is -2.96. The molecule has 2 N–H and O–H groups in total. The first-order valence-electron chi connectivity index (χ1n) is 7.09. The maximum atomic E-state index is 12.0. The van der Waals surface area contributed by atoms with Crippen molar-refractivity contribution >= 4 is 17.6 Å². The van der Waals surface area contributed by atoms with Crippen LogP contribution in [0.2, 0.25) is 0 Å². The molecular formula is C16H17N3O4. The Morgan fingerprint density at radius 1 is 1.17 bits per heavy atom. The van der Waals surface area contributed by atoms with Crippen molar-refractivity contribution in [3.8, 4) is 5.75 Å². The molecule has 0 saturated heterocycles. The smallest absolute Gasteiger partial charge is 0.303 e. The summed E-state index contributed by atoms with van der Waals surface area (Å²) in [5, 5.41) is 11.2. The van der Waals surface area contributed by atoms with Gasteiger partial charge in [0.05, 0.1) is 18.5 Å². The molecule has 2 aromatic rings. The van der Waals surface area contributed by atoms with Crippen LogP contribution >= 0.6 is 0 Å². The van der Waals surface area contributed by atoms with Crippen molar-refractivity contribution in [2.75, 3.05) is 11.9 Å². The first kappa shape index (κ1) is 16.4. The number of aliphatic carboxylic acids is 1. The molecule has 0 radical (unpaired) electrons. The molecule has 0 unspecified atom stereocenters. The number of rotatable bonds is 7. The van der Waals surface area contributed by atoms with Crippen molar-refractivity contribution in [2.24, 2.45) is 0 Å². The van der Waals surface area contributed by atoms with E-state index in [-0.39, 0.29) is 18.0 Å². The highest BCUT2D eigenvalue weighted by molar-refractivity contribution is 6.02. The summed E-state index contributed by atoms with van der Waals surface area (Å²) in [4.78, 5) is 30.4. The van der Waals surface area contributed by atoms with Crippen LogP contribution in [-0.4, -0.2) is 33.6 Å². The second-order valence-corrected chi connectivity index (χ2v) is 4.87. The topological polar surface area (TPSA) is 101 Å². The molecule has 0 spiro atoms. The van der Waals surface area contributed by atoms with E-state index in [9.17, 15) is 9.59 Å². The van der Waals surface area contributed by atoms with Gasteiger partial charge in [-0.05, 0) is 37.6 Å². The molecule has 7 heteroatoms. The predicted molar refractivity (Wildman–Crippen MR) is 83.5 cm³/mol. The summed E-state index contributed by atoms with van der Waals surface area (Å²) < 4.78 is 5.42. The summed E-state index contributed by atoms with van der Waals surface area (Å²) >= 11 is 0. The summed E-state index contributed by atoms with van der Waals surface area (Å²) in [6, 6.07) is 6.81. The normalized spacial score (nSPS) is 10.1. The summed E-state index contributed by atoms with van der Waals surface area (Å²) in [6.45, 7) is 2.13. The number of carbonyl (C=O) groups is 2. The lowest BCUT2D eigenvalue weighted by Gasteiger charge is -2.07. The van der Waals surface area contributed by atoms with Crippen LogP contribution in [0.15, 0.2) is 36.7 Å². The Balaban J connectivity index is 1.85. The van der Waals surface area contributed by atoms with Gasteiger partial charge >= 0.3 is 5.97 Å². The van der Waals surface area contributed by atoms with E-state index < -0.39 is 5.97 Å². The lowest BCUT2D eigenvalue weighted by atomic mass is 10.3. The van der Waals surface area contributed by atoms with E-state index in [1.54, 1.807) is 31.2 Å². The maximum Gasteiger partial charge on any atom is 0.303 e. The van der Waals surface area contributed by atoms with Crippen LogP contribution in [0.5, 0.6) is 5.75 Å². The van der Waals surface area contributed by atoms with E-state index in [0.29, 0.717) is 24.5 Å². The number of carboxylic acids is 1. The Labute approximate surface area is 133 Å². The van der Waals surface area contributed by atoms with Gasteiger partial charge in [-0.2, -0.15) is 0 Å². The van der Waals surface area contributed by atoms with Crippen LogP contribution in [0.3, 0.4) is 0 Å². The fourth-order valence-corrected chi connectivity index (χ4v) is 1.75. The van der Waals surface area contributed by atoms with Gasteiger partial charge in [-0.15, -0.1) is 0 Å². The van der Waals surface area contributed by atoms with Crippen LogP contribution in [0, 0.1) is 6.92 Å². The zero-order valence-corrected chi connectivity index (χ0v) is 12.7. The van der Waals surface area contributed by atoms with Gasteiger partial charge in [-0.1, -0.05) is 0 Å². The monoisotopic (exact) mass is 315 g/mol. The van der Waals surface area contributed by atoms with Crippen LogP contribution < -0.4 is 10.1 Å². The largest absolute Gasteiger partial charge is 0.494 e. The third kappa shape index (κ3) is 5.39. The molecule has 0 aliphatic heterocycles. The van der Waals surface area contributed by atoms with Crippen LogP contribution in [-0.2, 0) is 4.79 Å². The summed E-state index contributed by atoms with van der Waals surface area (Å²) in [5.74, 6) is -0.568. The van der Waals surface area contributed by atoms with Crippen LogP contribution in [0.1, 0.15) is 29.0 Å². The number of aromatic nitrogens is 2. The zero-order valence-electron chi connectivity index (χ0n) is 12.7. The summed E-state index contributed by atoms with van der Waals surface area (Å²) in [6.07, 6.45) is 3.47. The molecule has 23 heavy (non-hydrogen) atoms. The van der Waals surface area contributed by atoms with Gasteiger partial charge in [0.2, 0.25) is 0 Å². The maximum absolute atomic E-state index is 12.0. The second kappa shape index (κ2) is 7.88. The molecular weight excluding hydrogens is 298 g/mol. The lowest BCUT2D eigenvalue weighted by molar-refractivity contribution is -0.137. The Morgan fingerprint density at radius 2 is 1.91 bits per heavy atom. The third-order valence-electron chi connectivity index (χ3n) is 2.93. The highest BCUT2D eigenvalue weighted by Gasteiger charge is 2.08. The summed E-state index contributed by atoms with van der Waals surface area (Å²) in [5.41, 5.74) is 1.59. The number of nitrogens with one attached hydrogen (secondary N) is 1. The molecule has 1 heterocycles. The van der Waals surface area contributed by atoms with Gasteiger partial charge in [0.15, 0.2) is 0 Å². The SMILES string of the molecule is Cc1cnc(C(=O)Nc2ccc(OCCCC(=O)O)cc2)cn1. The Kier molecular flexibility index (Phi) is 5.62. The van der Waals surface area contributed by atoms with Crippen LogP contribution in [0.4, 0.5) is 5.69 Å². The minimum absolute atomic E-state index is 0.0751. The Bertz CT molecular complexity index is 669. The van der Waals surface area contributed by atoms with Crippen LogP contribution in [0.25, 0.3) is 0 Å². The van der Waals surface area contributed by atoms with Gasteiger partial charge in [0, 0.05) is 18.3 Å². The van der Waals surface area contributed by atoms with E-state index in [1.165, 1.54) is 12.4 Å². The van der Waals surface area contributed by atoms with E-state index in [2.05, 4.69) is 15.3 Å². The van der Waals surface area contributed by atoms with Gasteiger partial charge < -0.3 is 15.2 Å². The first-order chi connectivity index (χ1) is 11.0. The van der Waals surface area contributed by atoms with E-state index in [4.69, 9.17) is 9.84 Å². The van der Waals surface area contributed by atoms with Gasteiger partial charge in [-0.25, -0.2) is 4.98 Å². The molecule has 0 saturated carbocycles. The molecule has 1 aromatic carbocycles. The Morgan fingerprint density at radius 3 is 2.52 bits per heavy atom. The molecule has 1 aromatic heterocycles. The number of ether oxygens (including phenoxy) is 1. The number of hydrogen-bond donors (Lipinski definition) is 2. The standard InChI is InChI=1S/C16H17N3O4/c1-11-9-18-14(10-17-11)16(22)19-12-4-6-13(7-5-12)23-8-2-3-15(20)21/h4-7,9-10H,2-3,8H2,1H3,(H,19,22)(H,20,21). The molecule has 120 valence electrons. The first-order valence-corrected chi connectivity index (χ1v) is 7.09. The average molecular weight is 315 g/mol. The van der Waals surface area contributed by atoms with E-state index in [1.807, 2.05) is 0 Å². The van der Waals surface area contributed by atoms with Crippen molar-refractivity contribution in [1.82, 2.24) is 9.97 Å². The van der Waals surface area contributed by atoms with Gasteiger partial charge in [0.1, 0.15) is 11.4 Å². The van der Waals surface area contributed by atoms with Gasteiger partial charge in [-0.3, -0.25) is 14.6 Å². The molecule has 0 fully saturated rings. The summed E-state index contributed by atoms with van der Waals surface area (Å²) in [7, 11) is 0. The van der Waals surface area contributed by atoms with Crippen molar-refractivity contribution in [2.45, 2.75) is 19.8 Å². The van der Waals surface area contributed by atoms with Gasteiger partial charge in [0.25, 0.3) is 5.91 Å². The molecule has 0 bridgehead atoms. The van der Waals surface area contributed by atoms with Crippen molar-refractivity contribution in [3.05, 3.63) is 48.0 Å². The highest BCUT2D eigenvalue weighted by atomic mass is 16.5. The van der Waals surface area contributed by atoms with E-state index >= 15 is 0 Å². The molecule has 1 amide bonds. The fourth-order valence-electron chi connectivity index (χ4n) is 1.75. The minimum atomic E-state index is -0.842. The fraction of sp³-hybridized carbons (Fsp3) is 0.250. The zero-order chi connectivity index (χ0) is 16.7. The van der Waals surface area contributed by atoms with Crippen molar-refractivity contribution < 1.29 is 19.4 Å². The number of hydrogen-bond acceptors (Lipinski definition) is 5. The van der Waals surface area contributed by atoms with Crippen molar-refractivity contribution in [3.63, 3.8) is 0 Å². The number of anilines is 1. The number of carboxylic acid groups (broad SMARTS) is 1. The number of carbonyl (C=O) groups excluding carboxylic acids is 1. The van der Waals surface area contributed by atoms with Crippen molar-refractivity contribution in [1.29, 1.82) is 0 Å². The number of benzene rings is 1. The second-order valence-electron chi connectivity index (χ2n) is 4.87. The lowest BCUT2D eigenvalue weighted by Crippen LogP contribution is -2.14. The molecule has 0 aliphatic rings. The number of nitrogens with zero attached hydrogens (tertiary/aromatic N) is 2. The third-order valence-corrected chi connectivity index (χ3v) is 2.93. The predicted octanol–water partition coefficient (Wildman–Crippen LogP) is 2.28. The quantitative estimate of drug-likeness (QED) is 0.760. The molecule has 0 aliphatic carbocycles. The molecule has 2 rings (SSSR count). The van der Waals surface area contributed by atoms with E-state index in [0.717, 1.165) is 5.69 Å².